The number of aromatic nitrogens is 4. The summed E-state index contributed by atoms with van der Waals surface area (Å²) in [6.45, 7) is 3.95. The molecule has 8 heteroatoms. The first-order valence-electron chi connectivity index (χ1n) is 11.0. The van der Waals surface area contributed by atoms with Crippen molar-refractivity contribution < 1.29 is 5.11 Å². The molecule has 0 spiro atoms. The second kappa shape index (κ2) is 9.12. The summed E-state index contributed by atoms with van der Waals surface area (Å²) < 4.78 is 1.57. The van der Waals surface area contributed by atoms with Crippen molar-refractivity contribution in [3.05, 3.63) is 99.8 Å². The zero-order valence-electron chi connectivity index (χ0n) is 19.1. The highest BCUT2D eigenvalue weighted by Crippen LogP contribution is 2.27. The number of aliphatic hydroxyl groups excluding tert-OH is 1. The van der Waals surface area contributed by atoms with Crippen LogP contribution in [0.5, 0.6) is 0 Å². The molecule has 2 aromatic heterocycles. The second-order valence-electron chi connectivity index (χ2n) is 8.17. The number of imidazole rings is 1. The SMILES string of the molecule is Cc1ccc(-n2c(SCC(O)=C(C#N)c3nc4ccccc4[nH]3)nc3ccccc3c2=O)c(C)c1. The number of hydrogen-bond donors (Lipinski definition) is 2. The van der Waals surface area contributed by atoms with Gasteiger partial charge in [0.05, 0.1) is 33.4 Å². The molecule has 7 nitrogen and oxygen atoms in total. The number of aliphatic hydroxyl groups is 1. The molecule has 0 radical (unpaired) electrons. The number of nitrogens with one attached hydrogen (secondary N) is 1. The topological polar surface area (TPSA) is 108 Å². The summed E-state index contributed by atoms with van der Waals surface area (Å²) in [6.07, 6.45) is 0. The molecule has 35 heavy (non-hydrogen) atoms. The number of rotatable bonds is 5. The minimum Gasteiger partial charge on any atom is -0.510 e. The lowest BCUT2D eigenvalue weighted by Gasteiger charge is -2.15. The Kier molecular flexibility index (Phi) is 5.85. The molecule has 172 valence electrons. The quantitative estimate of drug-likeness (QED) is 0.150. The van der Waals surface area contributed by atoms with Crippen LogP contribution in [0.3, 0.4) is 0 Å². The molecule has 5 rings (SSSR count). The van der Waals surface area contributed by atoms with E-state index in [4.69, 9.17) is 4.98 Å². The first-order chi connectivity index (χ1) is 17.0. The van der Waals surface area contributed by atoms with Crippen molar-refractivity contribution in [3.63, 3.8) is 0 Å². The lowest BCUT2D eigenvalue weighted by Crippen LogP contribution is -2.22. The van der Waals surface area contributed by atoms with Gasteiger partial charge in [0.15, 0.2) is 11.0 Å². The molecule has 0 amide bonds. The van der Waals surface area contributed by atoms with E-state index in [-0.39, 0.29) is 22.6 Å². The molecule has 0 unspecified atom stereocenters. The Bertz CT molecular complexity index is 1690. The Morgan fingerprint density at radius 3 is 2.54 bits per heavy atom. The van der Waals surface area contributed by atoms with Gasteiger partial charge >= 0.3 is 0 Å². The fraction of sp³-hybridized carbons (Fsp3) is 0.111. The summed E-state index contributed by atoms with van der Waals surface area (Å²) in [5.74, 6) is 0.187. The summed E-state index contributed by atoms with van der Waals surface area (Å²) in [5.41, 5.74) is 4.66. The maximum atomic E-state index is 13.5. The molecule has 5 aromatic rings. The monoisotopic (exact) mass is 479 g/mol. The van der Waals surface area contributed by atoms with Crippen LogP contribution in [0.15, 0.2) is 82.4 Å². The van der Waals surface area contributed by atoms with Crippen LogP contribution in [-0.2, 0) is 0 Å². The standard InChI is InChI=1S/C27H21N5O2S/c1-16-11-12-23(17(2)13-16)32-26(34)18-7-3-4-8-20(18)31-27(32)35-15-24(33)19(14-28)25-29-21-9-5-6-10-22(21)30-25/h3-13,33H,15H2,1-2H3,(H,29,30). The van der Waals surface area contributed by atoms with Crippen LogP contribution >= 0.6 is 11.8 Å². The van der Waals surface area contributed by atoms with Crippen LogP contribution in [0.25, 0.3) is 33.2 Å². The number of benzene rings is 3. The number of hydrogen-bond acceptors (Lipinski definition) is 6. The third-order valence-corrected chi connectivity index (χ3v) is 6.65. The number of fused-ring (bicyclic) bond motifs is 2. The van der Waals surface area contributed by atoms with Crippen molar-refractivity contribution in [2.45, 2.75) is 19.0 Å². The Morgan fingerprint density at radius 1 is 1.06 bits per heavy atom. The van der Waals surface area contributed by atoms with Gasteiger partial charge in [-0.25, -0.2) is 9.97 Å². The average molecular weight is 480 g/mol. The highest BCUT2D eigenvalue weighted by Gasteiger charge is 2.18. The molecule has 0 saturated carbocycles. The van der Waals surface area contributed by atoms with Crippen LogP contribution < -0.4 is 5.56 Å². The number of aryl methyl sites for hydroxylation is 2. The number of nitriles is 1. The average Bonchev–Trinajstić information content (AvgIpc) is 3.28. The van der Waals surface area contributed by atoms with Gasteiger partial charge in [0, 0.05) is 0 Å². The molecule has 0 fully saturated rings. The normalized spacial score (nSPS) is 12.0. The van der Waals surface area contributed by atoms with Crippen molar-refractivity contribution in [2.75, 3.05) is 5.75 Å². The summed E-state index contributed by atoms with van der Waals surface area (Å²) in [5, 5.41) is 21.5. The minimum atomic E-state index is -0.189. The van der Waals surface area contributed by atoms with Gasteiger partial charge < -0.3 is 10.1 Å². The van der Waals surface area contributed by atoms with Crippen molar-refractivity contribution in [1.82, 2.24) is 19.5 Å². The first-order valence-corrected chi connectivity index (χ1v) is 11.9. The number of allylic oxidation sites excluding steroid dienone is 1. The summed E-state index contributed by atoms with van der Waals surface area (Å²) in [4.78, 5) is 25.7. The number of para-hydroxylation sites is 3. The van der Waals surface area contributed by atoms with Crippen molar-refractivity contribution in [1.29, 1.82) is 5.26 Å². The lowest BCUT2D eigenvalue weighted by atomic mass is 10.1. The van der Waals surface area contributed by atoms with Crippen LogP contribution in [-0.4, -0.2) is 30.4 Å². The van der Waals surface area contributed by atoms with E-state index in [0.29, 0.717) is 27.4 Å². The van der Waals surface area contributed by atoms with E-state index in [2.05, 4.69) is 16.0 Å². The van der Waals surface area contributed by atoms with Crippen LogP contribution in [0.2, 0.25) is 0 Å². The van der Waals surface area contributed by atoms with Crippen molar-refractivity contribution in [3.8, 4) is 11.8 Å². The van der Waals surface area contributed by atoms with Crippen molar-refractivity contribution in [2.24, 2.45) is 0 Å². The molecule has 0 aliphatic heterocycles. The fourth-order valence-electron chi connectivity index (χ4n) is 4.01. The summed E-state index contributed by atoms with van der Waals surface area (Å²) in [6, 6.07) is 22.5. The molecule has 0 atom stereocenters. The van der Waals surface area contributed by atoms with Gasteiger partial charge in [0.2, 0.25) is 0 Å². The van der Waals surface area contributed by atoms with Crippen LogP contribution in [0.1, 0.15) is 17.0 Å². The van der Waals surface area contributed by atoms with E-state index in [0.717, 1.165) is 22.3 Å². The predicted molar refractivity (Wildman–Crippen MR) is 139 cm³/mol. The largest absolute Gasteiger partial charge is 0.510 e. The van der Waals surface area contributed by atoms with E-state index in [1.54, 1.807) is 16.7 Å². The Morgan fingerprint density at radius 2 is 1.80 bits per heavy atom. The zero-order valence-corrected chi connectivity index (χ0v) is 19.9. The number of aromatic amines is 1. The number of nitrogens with zero attached hydrogens (tertiary/aromatic N) is 4. The first kappa shape index (κ1) is 22.4. The summed E-state index contributed by atoms with van der Waals surface area (Å²) >= 11 is 1.19. The molecule has 0 saturated heterocycles. The van der Waals surface area contributed by atoms with Gasteiger partial charge in [-0.15, -0.1) is 0 Å². The van der Waals surface area contributed by atoms with Crippen LogP contribution in [0.4, 0.5) is 0 Å². The van der Waals surface area contributed by atoms with Gasteiger partial charge in [0.25, 0.3) is 5.56 Å². The smallest absolute Gasteiger partial charge is 0.266 e. The molecule has 0 aliphatic carbocycles. The van der Waals surface area contributed by atoms with Crippen molar-refractivity contribution >= 4 is 39.3 Å². The van der Waals surface area contributed by atoms with E-state index >= 15 is 0 Å². The Labute approximate surface area is 205 Å². The Balaban J connectivity index is 1.59. The second-order valence-corrected chi connectivity index (χ2v) is 9.11. The summed E-state index contributed by atoms with van der Waals surface area (Å²) in [7, 11) is 0. The highest BCUT2D eigenvalue weighted by atomic mass is 32.2. The Hall–Kier alpha value is -4.35. The van der Waals surface area contributed by atoms with Gasteiger partial charge in [-0.3, -0.25) is 9.36 Å². The van der Waals surface area contributed by atoms with E-state index in [1.807, 2.05) is 68.4 Å². The maximum Gasteiger partial charge on any atom is 0.266 e. The fourth-order valence-corrected chi connectivity index (χ4v) is 4.89. The van der Waals surface area contributed by atoms with Gasteiger partial charge in [0.1, 0.15) is 17.4 Å². The third kappa shape index (κ3) is 4.18. The van der Waals surface area contributed by atoms with E-state index in [9.17, 15) is 15.2 Å². The maximum absolute atomic E-state index is 13.5. The number of thioether (sulfide) groups is 1. The van der Waals surface area contributed by atoms with Gasteiger partial charge in [-0.2, -0.15) is 5.26 Å². The van der Waals surface area contributed by atoms with E-state index in [1.165, 1.54) is 11.8 Å². The molecule has 0 bridgehead atoms. The molecular weight excluding hydrogens is 458 g/mol. The number of H-pyrrole nitrogens is 1. The molecule has 3 aromatic carbocycles. The molecule has 2 heterocycles. The predicted octanol–water partition coefficient (Wildman–Crippen LogP) is 5.46. The molecule has 0 aliphatic rings. The minimum absolute atomic E-state index is 0.0373. The van der Waals surface area contributed by atoms with Gasteiger partial charge in [-0.1, -0.05) is 53.7 Å². The van der Waals surface area contributed by atoms with Gasteiger partial charge in [-0.05, 0) is 49.7 Å². The zero-order chi connectivity index (χ0) is 24.5. The highest BCUT2D eigenvalue weighted by molar-refractivity contribution is 7.99. The van der Waals surface area contributed by atoms with E-state index < -0.39 is 0 Å². The molecular formula is C27H21N5O2S. The lowest BCUT2D eigenvalue weighted by molar-refractivity contribution is 0.420. The molecule has 2 N–H and O–H groups in total. The third-order valence-electron chi connectivity index (χ3n) is 5.70. The van der Waals surface area contributed by atoms with Crippen LogP contribution in [0, 0.1) is 25.2 Å².